The molecule has 4 heteroatoms. The molecule has 1 aromatic heterocycles. The van der Waals surface area contributed by atoms with Crippen LogP contribution in [-0.4, -0.2) is 16.1 Å². The molecule has 0 aliphatic rings. The van der Waals surface area contributed by atoms with Gasteiger partial charge >= 0.3 is 5.97 Å². The highest BCUT2D eigenvalue weighted by Crippen LogP contribution is 2.30. The molecule has 0 amide bonds. The number of aliphatic carboxylic acids is 1. The van der Waals surface area contributed by atoms with Crippen molar-refractivity contribution in [2.75, 3.05) is 0 Å². The van der Waals surface area contributed by atoms with Gasteiger partial charge in [-0.1, -0.05) is 30.3 Å². The molecular formula is C13H13NO2S. The first-order valence-electron chi connectivity index (χ1n) is 5.35. The lowest BCUT2D eigenvalue weighted by Crippen LogP contribution is -2.07. The molecule has 3 nitrogen and oxygen atoms in total. The summed E-state index contributed by atoms with van der Waals surface area (Å²) in [7, 11) is 0. The highest BCUT2D eigenvalue weighted by molar-refractivity contribution is 7.09. The summed E-state index contributed by atoms with van der Waals surface area (Å²) >= 11 is 1.52. The zero-order valence-corrected chi connectivity index (χ0v) is 10.3. The van der Waals surface area contributed by atoms with Crippen LogP contribution in [0.1, 0.15) is 28.6 Å². The third-order valence-corrected chi connectivity index (χ3v) is 3.59. The Balaban J connectivity index is 2.35. The number of carbonyl (C=O) groups is 1. The maximum atomic E-state index is 10.9. The van der Waals surface area contributed by atoms with Crippen LogP contribution >= 0.6 is 11.3 Å². The minimum Gasteiger partial charge on any atom is -0.481 e. The fourth-order valence-electron chi connectivity index (χ4n) is 1.74. The summed E-state index contributed by atoms with van der Waals surface area (Å²) in [5.41, 5.74) is 1.94. The Hall–Kier alpha value is -1.68. The fourth-order valence-corrected chi connectivity index (χ4v) is 2.66. The summed E-state index contributed by atoms with van der Waals surface area (Å²) < 4.78 is 0. The van der Waals surface area contributed by atoms with Crippen LogP contribution in [0.4, 0.5) is 0 Å². The molecular weight excluding hydrogens is 234 g/mol. The molecule has 0 bridgehead atoms. The number of aromatic nitrogens is 1. The standard InChI is InChI=1S/C13H13NO2S/c1-9-8-17-13(14-9)11(7-12(15)16)10-5-3-2-4-6-10/h2-6,8,11H,7H2,1H3,(H,15,16). The minimum absolute atomic E-state index is 0.0803. The summed E-state index contributed by atoms with van der Waals surface area (Å²) in [6, 6.07) is 9.67. The van der Waals surface area contributed by atoms with Crippen molar-refractivity contribution in [1.82, 2.24) is 4.98 Å². The molecule has 1 N–H and O–H groups in total. The molecule has 0 saturated carbocycles. The van der Waals surface area contributed by atoms with Crippen molar-refractivity contribution in [3.8, 4) is 0 Å². The van der Waals surface area contributed by atoms with E-state index in [1.165, 1.54) is 11.3 Å². The molecule has 1 aromatic carbocycles. The number of hydrogen-bond donors (Lipinski definition) is 1. The molecule has 0 saturated heterocycles. The number of benzene rings is 1. The van der Waals surface area contributed by atoms with Crippen LogP contribution in [0, 0.1) is 6.92 Å². The number of rotatable bonds is 4. The Morgan fingerprint density at radius 1 is 1.41 bits per heavy atom. The third kappa shape index (κ3) is 2.91. The molecule has 1 unspecified atom stereocenters. The summed E-state index contributed by atoms with van der Waals surface area (Å²) in [5.74, 6) is -0.945. The highest BCUT2D eigenvalue weighted by atomic mass is 32.1. The molecule has 2 rings (SSSR count). The van der Waals surface area contributed by atoms with Gasteiger partial charge in [0.25, 0.3) is 0 Å². The van der Waals surface area contributed by atoms with E-state index in [4.69, 9.17) is 5.11 Å². The van der Waals surface area contributed by atoms with E-state index in [-0.39, 0.29) is 12.3 Å². The predicted octanol–water partition coefficient (Wildman–Crippen LogP) is 3.06. The van der Waals surface area contributed by atoms with E-state index < -0.39 is 5.97 Å². The van der Waals surface area contributed by atoms with E-state index in [0.29, 0.717) is 0 Å². The van der Waals surface area contributed by atoms with Gasteiger partial charge in [0.2, 0.25) is 0 Å². The van der Waals surface area contributed by atoms with Gasteiger partial charge < -0.3 is 5.11 Å². The van der Waals surface area contributed by atoms with Gasteiger partial charge in [0, 0.05) is 17.0 Å². The summed E-state index contributed by atoms with van der Waals surface area (Å²) in [4.78, 5) is 15.3. The lowest BCUT2D eigenvalue weighted by molar-refractivity contribution is -0.137. The quantitative estimate of drug-likeness (QED) is 0.903. The summed E-state index contributed by atoms with van der Waals surface area (Å²) in [6.45, 7) is 1.92. The van der Waals surface area contributed by atoms with Crippen LogP contribution < -0.4 is 0 Å². The van der Waals surface area contributed by atoms with Gasteiger partial charge in [-0.3, -0.25) is 4.79 Å². The molecule has 0 radical (unpaired) electrons. The Bertz CT molecular complexity index is 507. The highest BCUT2D eigenvalue weighted by Gasteiger charge is 2.20. The van der Waals surface area contributed by atoms with Crippen molar-refractivity contribution in [3.63, 3.8) is 0 Å². The van der Waals surface area contributed by atoms with Gasteiger partial charge in [0.05, 0.1) is 6.42 Å². The van der Waals surface area contributed by atoms with Crippen molar-refractivity contribution in [3.05, 3.63) is 52.0 Å². The largest absolute Gasteiger partial charge is 0.481 e. The van der Waals surface area contributed by atoms with E-state index in [1.807, 2.05) is 42.6 Å². The predicted molar refractivity (Wildman–Crippen MR) is 67.4 cm³/mol. The van der Waals surface area contributed by atoms with Crippen LogP contribution in [0.2, 0.25) is 0 Å². The molecule has 0 aliphatic carbocycles. The smallest absolute Gasteiger partial charge is 0.304 e. The topological polar surface area (TPSA) is 50.2 Å². The maximum Gasteiger partial charge on any atom is 0.304 e. The Morgan fingerprint density at radius 3 is 2.65 bits per heavy atom. The molecule has 0 fully saturated rings. The zero-order chi connectivity index (χ0) is 12.3. The summed E-state index contributed by atoms with van der Waals surface area (Å²) in [5, 5.41) is 11.8. The van der Waals surface area contributed by atoms with Crippen molar-refractivity contribution in [2.45, 2.75) is 19.3 Å². The number of nitrogens with zero attached hydrogens (tertiary/aromatic N) is 1. The van der Waals surface area contributed by atoms with Gasteiger partial charge in [0.1, 0.15) is 5.01 Å². The van der Waals surface area contributed by atoms with Crippen LogP contribution in [0.3, 0.4) is 0 Å². The second-order valence-electron chi connectivity index (χ2n) is 3.89. The molecule has 1 atom stereocenters. The SMILES string of the molecule is Cc1csc(C(CC(=O)O)c2ccccc2)n1. The van der Waals surface area contributed by atoms with Crippen molar-refractivity contribution in [1.29, 1.82) is 0 Å². The van der Waals surface area contributed by atoms with E-state index in [1.54, 1.807) is 0 Å². The van der Waals surface area contributed by atoms with Crippen LogP contribution in [0.5, 0.6) is 0 Å². The van der Waals surface area contributed by atoms with E-state index in [9.17, 15) is 4.79 Å². The van der Waals surface area contributed by atoms with Crippen molar-refractivity contribution in [2.24, 2.45) is 0 Å². The van der Waals surface area contributed by atoms with Crippen molar-refractivity contribution < 1.29 is 9.90 Å². The van der Waals surface area contributed by atoms with Gasteiger partial charge in [-0.15, -0.1) is 11.3 Å². The first-order valence-corrected chi connectivity index (χ1v) is 6.23. The Labute approximate surface area is 104 Å². The van der Waals surface area contributed by atoms with Gasteiger partial charge in [-0.25, -0.2) is 4.98 Å². The van der Waals surface area contributed by atoms with Crippen molar-refractivity contribution >= 4 is 17.3 Å². The van der Waals surface area contributed by atoms with Crippen LogP contribution in [0.25, 0.3) is 0 Å². The Kier molecular flexibility index (Phi) is 3.54. The third-order valence-electron chi connectivity index (χ3n) is 2.52. The number of carboxylic acids is 1. The minimum atomic E-state index is -0.799. The second kappa shape index (κ2) is 5.10. The lowest BCUT2D eigenvalue weighted by Gasteiger charge is -2.12. The fraction of sp³-hybridized carbons (Fsp3) is 0.231. The second-order valence-corrected chi connectivity index (χ2v) is 4.78. The van der Waals surface area contributed by atoms with E-state index >= 15 is 0 Å². The number of carboxylic acid groups (broad SMARTS) is 1. The first kappa shape index (κ1) is 11.8. The van der Waals surface area contributed by atoms with Gasteiger partial charge in [-0.05, 0) is 12.5 Å². The van der Waals surface area contributed by atoms with Gasteiger partial charge in [-0.2, -0.15) is 0 Å². The molecule has 0 aliphatic heterocycles. The van der Waals surface area contributed by atoms with E-state index in [0.717, 1.165) is 16.3 Å². The molecule has 17 heavy (non-hydrogen) atoms. The molecule has 0 spiro atoms. The van der Waals surface area contributed by atoms with Gasteiger partial charge in [0.15, 0.2) is 0 Å². The Morgan fingerprint density at radius 2 is 2.12 bits per heavy atom. The van der Waals surface area contributed by atoms with Crippen LogP contribution in [0.15, 0.2) is 35.7 Å². The first-order chi connectivity index (χ1) is 8.16. The summed E-state index contributed by atoms with van der Waals surface area (Å²) in [6.07, 6.45) is 0.0803. The average Bonchev–Trinajstić information content (AvgIpc) is 2.73. The average molecular weight is 247 g/mol. The number of thiazole rings is 1. The molecule has 1 heterocycles. The normalized spacial score (nSPS) is 12.3. The maximum absolute atomic E-state index is 10.9. The van der Waals surface area contributed by atoms with Crippen LogP contribution in [-0.2, 0) is 4.79 Å². The van der Waals surface area contributed by atoms with E-state index in [2.05, 4.69) is 4.98 Å². The molecule has 2 aromatic rings. The monoisotopic (exact) mass is 247 g/mol. The number of hydrogen-bond acceptors (Lipinski definition) is 3. The lowest BCUT2D eigenvalue weighted by atomic mass is 9.96. The molecule has 88 valence electrons. The number of aryl methyl sites for hydroxylation is 1. The zero-order valence-electron chi connectivity index (χ0n) is 9.46.